The molecule has 0 saturated heterocycles. The Bertz CT molecular complexity index is 1650. The van der Waals surface area contributed by atoms with Gasteiger partial charge in [-0.3, -0.25) is 13.8 Å². The fourth-order valence-electron chi connectivity index (χ4n) is 3.59. The Hall–Kier alpha value is -4.15. The van der Waals surface area contributed by atoms with Crippen LogP contribution in [0.5, 0.6) is 0 Å². The van der Waals surface area contributed by atoms with Gasteiger partial charge in [0.25, 0.3) is 26.0 Å². The molecule has 0 bridgehead atoms. The lowest BCUT2D eigenvalue weighted by atomic mass is 10.2. The van der Waals surface area contributed by atoms with Gasteiger partial charge in [0.15, 0.2) is 0 Å². The molecule has 1 amide bonds. The van der Waals surface area contributed by atoms with Crippen LogP contribution >= 0.6 is 0 Å². The summed E-state index contributed by atoms with van der Waals surface area (Å²) >= 11 is 0. The van der Waals surface area contributed by atoms with Gasteiger partial charge in [0.1, 0.15) is 0 Å². The average molecular weight is 550 g/mol. The van der Waals surface area contributed by atoms with Crippen molar-refractivity contribution in [2.45, 2.75) is 23.6 Å². The van der Waals surface area contributed by atoms with Crippen LogP contribution in [0.4, 0.5) is 17.1 Å². The number of rotatable bonds is 8. The molecule has 0 atom stereocenters. The molecule has 0 aliphatic carbocycles. The van der Waals surface area contributed by atoms with Gasteiger partial charge >= 0.3 is 0 Å². The third-order valence-electron chi connectivity index (χ3n) is 5.90. The molecule has 0 aliphatic heterocycles. The first-order chi connectivity index (χ1) is 18.0. The molecule has 4 rings (SSSR count). The molecular weight excluding hydrogens is 522 g/mol. The zero-order chi connectivity index (χ0) is 27.5. The number of aryl methyl sites for hydroxylation is 2. The third-order valence-corrected chi connectivity index (χ3v) is 9.10. The predicted octanol–water partition coefficient (Wildman–Crippen LogP) is 5.18. The summed E-state index contributed by atoms with van der Waals surface area (Å²) in [6, 6.07) is 25.5. The van der Waals surface area contributed by atoms with Gasteiger partial charge in [0, 0.05) is 24.0 Å². The van der Waals surface area contributed by atoms with Gasteiger partial charge < -0.3 is 5.32 Å². The van der Waals surface area contributed by atoms with Crippen molar-refractivity contribution in [1.82, 2.24) is 0 Å². The summed E-state index contributed by atoms with van der Waals surface area (Å²) < 4.78 is 54.8. The van der Waals surface area contributed by atoms with Crippen LogP contribution in [-0.4, -0.2) is 29.8 Å². The van der Waals surface area contributed by atoms with E-state index in [0.717, 1.165) is 15.4 Å². The van der Waals surface area contributed by atoms with E-state index in [1.54, 1.807) is 48.5 Å². The second-order valence-corrected chi connectivity index (χ2v) is 12.4. The maximum Gasteiger partial charge on any atom is 0.264 e. The summed E-state index contributed by atoms with van der Waals surface area (Å²) in [5.74, 6) is -0.422. The van der Waals surface area contributed by atoms with E-state index in [0.29, 0.717) is 22.6 Å². The first-order valence-electron chi connectivity index (χ1n) is 11.6. The number of nitrogens with zero attached hydrogens (tertiary/aromatic N) is 1. The average Bonchev–Trinajstić information content (AvgIpc) is 2.90. The van der Waals surface area contributed by atoms with Crippen LogP contribution in [-0.2, 0) is 20.0 Å². The van der Waals surface area contributed by atoms with E-state index in [4.69, 9.17) is 0 Å². The molecule has 2 N–H and O–H groups in total. The van der Waals surface area contributed by atoms with Crippen LogP contribution in [0.25, 0.3) is 0 Å². The summed E-state index contributed by atoms with van der Waals surface area (Å²) in [6.45, 7) is 3.79. The molecular formula is C28H27N3O5S2. The number of sulfonamides is 2. The van der Waals surface area contributed by atoms with Gasteiger partial charge in [-0.15, -0.1) is 0 Å². The normalized spacial score (nSPS) is 11.6. The number of carbonyl (C=O) groups is 1. The SMILES string of the molecule is Cc1ccc(NS(=O)(=O)c2ccc(NC(=O)c3ccc(N(C)S(=O)(=O)c4ccc(C)cc4)cc3)cc2)cc1. The lowest BCUT2D eigenvalue weighted by Crippen LogP contribution is -2.26. The Labute approximate surface area is 223 Å². The highest BCUT2D eigenvalue weighted by Crippen LogP contribution is 2.24. The fraction of sp³-hybridized carbons (Fsp3) is 0.107. The van der Waals surface area contributed by atoms with Gasteiger partial charge in [-0.05, 0) is 86.6 Å². The maximum atomic E-state index is 12.9. The number of anilines is 3. The van der Waals surface area contributed by atoms with E-state index >= 15 is 0 Å². The van der Waals surface area contributed by atoms with Crippen LogP contribution in [0, 0.1) is 13.8 Å². The summed E-state index contributed by atoms with van der Waals surface area (Å²) in [5, 5.41) is 2.72. The largest absolute Gasteiger partial charge is 0.322 e. The Morgan fingerprint density at radius 1 is 0.632 bits per heavy atom. The lowest BCUT2D eigenvalue weighted by Gasteiger charge is -2.20. The molecule has 0 unspecified atom stereocenters. The molecule has 0 radical (unpaired) electrons. The van der Waals surface area contributed by atoms with E-state index in [1.165, 1.54) is 43.4 Å². The topological polar surface area (TPSA) is 113 Å². The monoisotopic (exact) mass is 549 g/mol. The molecule has 0 saturated carbocycles. The molecule has 38 heavy (non-hydrogen) atoms. The second kappa shape index (κ2) is 10.7. The molecule has 0 aromatic heterocycles. The Morgan fingerprint density at radius 3 is 1.66 bits per heavy atom. The van der Waals surface area contributed by atoms with Crippen LogP contribution in [0.15, 0.2) is 107 Å². The van der Waals surface area contributed by atoms with E-state index in [9.17, 15) is 21.6 Å². The standard InChI is InChI=1S/C28H27N3O5S2/c1-20-4-10-24(11-5-20)30-37(33,34)26-18-12-23(13-19-26)29-28(32)22-8-14-25(15-9-22)31(3)38(35,36)27-16-6-21(2)7-17-27/h4-19,30H,1-3H3,(H,29,32). The number of amides is 1. The van der Waals surface area contributed by atoms with Crippen LogP contribution < -0.4 is 14.3 Å². The van der Waals surface area contributed by atoms with E-state index in [1.807, 2.05) is 26.0 Å². The molecule has 0 spiro atoms. The van der Waals surface area contributed by atoms with E-state index < -0.39 is 26.0 Å². The van der Waals surface area contributed by atoms with Crippen molar-refractivity contribution in [3.05, 3.63) is 114 Å². The third kappa shape index (κ3) is 6.04. The molecule has 10 heteroatoms. The summed E-state index contributed by atoms with van der Waals surface area (Å²) in [5.41, 5.74) is 3.55. The van der Waals surface area contributed by atoms with Crippen molar-refractivity contribution >= 4 is 43.0 Å². The smallest absolute Gasteiger partial charge is 0.264 e. The molecule has 8 nitrogen and oxygen atoms in total. The van der Waals surface area contributed by atoms with Crippen molar-refractivity contribution in [3.8, 4) is 0 Å². The number of nitrogens with one attached hydrogen (secondary N) is 2. The number of carbonyl (C=O) groups excluding carboxylic acids is 1. The van der Waals surface area contributed by atoms with Crippen LogP contribution in [0.1, 0.15) is 21.5 Å². The summed E-state index contributed by atoms with van der Waals surface area (Å²) in [7, 11) is -6.09. The number of benzene rings is 4. The Morgan fingerprint density at radius 2 is 1.11 bits per heavy atom. The Balaban J connectivity index is 1.42. The van der Waals surface area contributed by atoms with Crippen molar-refractivity contribution in [1.29, 1.82) is 0 Å². The second-order valence-electron chi connectivity index (χ2n) is 8.78. The lowest BCUT2D eigenvalue weighted by molar-refractivity contribution is 0.102. The van der Waals surface area contributed by atoms with Crippen molar-refractivity contribution in [2.75, 3.05) is 21.4 Å². The number of hydrogen-bond acceptors (Lipinski definition) is 5. The van der Waals surface area contributed by atoms with Gasteiger partial charge in [-0.1, -0.05) is 35.4 Å². The van der Waals surface area contributed by atoms with Crippen molar-refractivity contribution in [2.24, 2.45) is 0 Å². The highest BCUT2D eigenvalue weighted by atomic mass is 32.2. The Kier molecular flexibility index (Phi) is 7.56. The molecule has 0 aliphatic rings. The molecule has 0 fully saturated rings. The zero-order valence-corrected chi connectivity index (χ0v) is 22.7. The first-order valence-corrected chi connectivity index (χ1v) is 14.5. The predicted molar refractivity (Wildman–Crippen MR) is 150 cm³/mol. The summed E-state index contributed by atoms with van der Waals surface area (Å²) in [4.78, 5) is 12.9. The maximum absolute atomic E-state index is 12.9. The molecule has 196 valence electrons. The highest BCUT2D eigenvalue weighted by molar-refractivity contribution is 7.93. The van der Waals surface area contributed by atoms with Crippen molar-refractivity contribution < 1.29 is 21.6 Å². The zero-order valence-electron chi connectivity index (χ0n) is 21.0. The fourth-order valence-corrected chi connectivity index (χ4v) is 5.84. The highest BCUT2D eigenvalue weighted by Gasteiger charge is 2.21. The van der Waals surface area contributed by atoms with Gasteiger partial charge in [0.05, 0.1) is 15.5 Å². The summed E-state index contributed by atoms with van der Waals surface area (Å²) in [6.07, 6.45) is 0. The van der Waals surface area contributed by atoms with Crippen LogP contribution in [0.2, 0.25) is 0 Å². The van der Waals surface area contributed by atoms with Gasteiger partial charge in [-0.25, -0.2) is 16.8 Å². The van der Waals surface area contributed by atoms with E-state index in [-0.39, 0.29) is 9.79 Å². The van der Waals surface area contributed by atoms with Gasteiger partial charge in [-0.2, -0.15) is 0 Å². The molecule has 4 aromatic rings. The minimum Gasteiger partial charge on any atom is -0.322 e. The van der Waals surface area contributed by atoms with Crippen molar-refractivity contribution in [3.63, 3.8) is 0 Å². The minimum atomic E-state index is -3.79. The molecule has 4 aromatic carbocycles. The quantitative estimate of drug-likeness (QED) is 0.314. The number of hydrogen-bond donors (Lipinski definition) is 2. The van der Waals surface area contributed by atoms with Crippen LogP contribution in [0.3, 0.4) is 0 Å². The van der Waals surface area contributed by atoms with Gasteiger partial charge in [0.2, 0.25) is 0 Å². The first kappa shape index (κ1) is 26.9. The minimum absolute atomic E-state index is 0.0539. The molecule has 0 heterocycles. The van der Waals surface area contributed by atoms with E-state index in [2.05, 4.69) is 10.0 Å².